The van der Waals surface area contributed by atoms with Crippen LogP contribution < -0.4 is 4.90 Å². The van der Waals surface area contributed by atoms with Gasteiger partial charge in [-0.25, -0.2) is 4.79 Å². The first-order chi connectivity index (χ1) is 7.89. The van der Waals surface area contributed by atoms with Crippen molar-refractivity contribution in [3.8, 4) is 0 Å². The highest BCUT2D eigenvalue weighted by atomic mass is 16.4. The number of nitrogens with zero attached hydrogens (tertiary/aromatic N) is 1. The van der Waals surface area contributed by atoms with Crippen LogP contribution in [-0.4, -0.2) is 34.9 Å². The summed E-state index contributed by atoms with van der Waals surface area (Å²) in [6.45, 7) is 4.82. The zero-order valence-corrected chi connectivity index (χ0v) is 10.1. The van der Waals surface area contributed by atoms with Crippen molar-refractivity contribution in [1.29, 1.82) is 0 Å². The number of carboxylic acid groups (broad SMARTS) is 1. The zero-order chi connectivity index (χ0) is 12.6. The number of rotatable bonds is 2. The van der Waals surface area contributed by atoms with Gasteiger partial charge in [-0.2, -0.15) is 0 Å². The Labute approximate surface area is 100 Å². The highest BCUT2D eigenvalue weighted by molar-refractivity contribution is 5.94. The van der Waals surface area contributed by atoms with Gasteiger partial charge in [-0.15, -0.1) is 0 Å². The molecule has 4 nitrogen and oxygen atoms in total. The molecule has 0 aromatic heterocycles. The number of aromatic carboxylic acids is 1. The number of hydrogen-bond donors (Lipinski definition) is 2. The van der Waals surface area contributed by atoms with Crippen LogP contribution in [0.1, 0.15) is 29.3 Å². The summed E-state index contributed by atoms with van der Waals surface area (Å²) in [7, 11) is 0. The molecule has 92 valence electrons. The first-order valence-electron chi connectivity index (χ1n) is 5.70. The molecule has 1 heterocycles. The monoisotopic (exact) mass is 235 g/mol. The highest BCUT2D eigenvalue weighted by Crippen LogP contribution is 2.29. The quantitative estimate of drug-likeness (QED) is 0.818. The number of β-amino-alcohol motifs (C(OH)–C–C–N with tert-alkyl or cyclic N) is 1. The van der Waals surface area contributed by atoms with E-state index in [1.54, 1.807) is 13.0 Å². The Morgan fingerprint density at radius 2 is 2.18 bits per heavy atom. The number of carboxylic acids is 1. The summed E-state index contributed by atoms with van der Waals surface area (Å²) in [6, 6.07) is 5.39. The van der Waals surface area contributed by atoms with E-state index in [1.807, 2.05) is 24.0 Å². The molecule has 4 heteroatoms. The van der Waals surface area contributed by atoms with Crippen molar-refractivity contribution < 1.29 is 15.0 Å². The zero-order valence-electron chi connectivity index (χ0n) is 10.1. The minimum absolute atomic E-state index is 0.308. The van der Waals surface area contributed by atoms with Gasteiger partial charge < -0.3 is 15.1 Å². The Balaban J connectivity index is 2.36. The minimum Gasteiger partial charge on any atom is -0.478 e. The number of hydrogen-bond acceptors (Lipinski definition) is 3. The van der Waals surface area contributed by atoms with Gasteiger partial charge in [-0.05, 0) is 32.4 Å². The van der Waals surface area contributed by atoms with E-state index in [0.29, 0.717) is 30.8 Å². The molecule has 0 bridgehead atoms. The van der Waals surface area contributed by atoms with Crippen LogP contribution in [0.25, 0.3) is 0 Å². The van der Waals surface area contributed by atoms with Gasteiger partial charge in [0, 0.05) is 13.1 Å². The molecular formula is C13H17NO3. The second-order valence-electron chi connectivity index (χ2n) is 4.99. The molecule has 1 fully saturated rings. The summed E-state index contributed by atoms with van der Waals surface area (Å²) in [5, 5.41) is 19.1. The van der Waals surface area contributed by atoms with E-state index < -0.39 is 11.6 Å². The van der Waals surface area contributed by atoms with Crippen molar-refractivity contribution >= 4 is 11.7 Å². The van der Waals surface area contributed by atoms with Crippen molar-refractivity contribution in [3.63, 3.8) is 0 Å². The van der Waals surface area contributed by atoms with Crippen LogP contribution in [-0.2, 0) is 0 Å². The lowest BCUT2D eigenvalue weighted by Crippen LogP contribution is -2.30. The van der Waals surface area contributed by atoms with Crippen LogP contribution in [0.3, 0.4) is 0 Å². The molecule has 2 rings (SSSR count). The summed E-state index contributed by atoms with van der Waals surface area (Å²) >= 11 is 0. The Kier molecular flexibility index (Phi) is 2.83. The highest BCUT2D eigenvalue weighted by Gasteiger charge is 2.32. The number of anilines is 1. The average molecular weight is 235 g/mol. The molecule has 0 amide bonds. The van der Waals surface area contributed by atoms with Gasteiger partial charge in [-0.3, -0.25) is 0 Å². The van der Waals surface area contributed by atoms with E-state index in [2.05, 4.69) is 0 Å². The maximum Gasteiger partial charge on any atom is 0.337 e. The van der Waals surface area contributed by atoms with Crippen LogP contribution in [0, 0.1) is 6.92 Å². The van der Waals surface area contributed by atoms with Crippen molar-refractivity contribution in [2.24, 2.45) is 0 Å². The SMILES string of the molecule is Cc1ccc(N2CCC(C)(O)C2)c(C(=O)O)c1. The molecule has 17 heavy (non-hydrogen) atoms. The van der Waals surface area contributed by atoms with Crippen molar-refractivity contribution in [1.82, 2.24) is 0 Å². The van der Waals surface area contributed by atoms with Crippen molar-refractivity contribution in [2.75, 3.05) is 18.0 Å². The van der Waals surface area contributed by atoms with Crippen molar-refractivity contribution in [3.05, 3.63) is 29.3 Å². The van der Waals surface area contributed by atoms with Crippen LogP contribution in [0.5, 0.6) is 0 Å². The van der Waals surface area contributed by atoms with Gasteiger partial charge in [0.15, 0.2) is 0 Å². The van der Waals surface area contributed by atoms with E-state index in [-0.39, 0.29) is 0 Å². The molecule has 0 spiro atoms. The van der Waals surface area contributed by atoms with Gasteiger partial charge in [0.1, 0.15) is 0 Å². The third kappa shape index (κ3) is 2.42. The molecule has 0 radical (unpaired) electrons. The second-order valence-corrected chi connectivity index (χ2v) is 4.99. The van der Waals surface area contributed by atoms with E-state index in [9.17, 15) is 15.0 Å². The molecule has 1 aromatic rings. The van der Waals surface area contributed by atoms with Gasteiger partial charge in [0.05, 0.1) is 16.9 Å². The molecular weight excluding hydrogens is 218 g/mol. The Bertz CT molecular complexity index is 454. The summed E-state index contributed by atoms with van der Waals surface area (Å²) in [6.07, 6.45) is 0.667. The van der Waals surface area contributed by atoms with Gasteiger partial charge in [-0.1, -0.05) is 11.6 Å². The number of aryl methyl sites for hydroxylation is 1. The van der Waals surface area contributed by atoms with E-state index in [4.69, 9.17) is 0 Å². The largest absolute Gasteiger partial charge is 0.478 e. The van der Waals surface area contributed by atoms with Crippen LogP contribution in [0.15, 0.2) is 18.2 Å². The number of carbonyl (C=O) groups is 1. The van der Waals surface area contributed by atoms with Crippen LogP contribution in [0.2, 0.25) is 0 Å². The first-order valence-corrected chi connectivity index (χ1v) is 5.70. The van der Waals surface area contributed by atoms with Gasteiger partial charge >= 0.3 is 5.97 Å². The molecule has 1 unspecified atom stereocenters. The number of benzene rings is 1. The molecule has 2 N–H and O–H groups in total. The summed E-state index contributed by atoms with van der Waals surface area (Å²) in [4.78, 5) is 13.1. The fraction of sp³-hybridized carbons (Fsp3) is 0.462. The summed E-state index contributed by atoms with van der Waals surface area (Å²) in [5.41, 5.74) is 1.21. The maximum absolute atomic E-state index is 11.2. The molecule has 1 aliphatic heterocycles. The Morgan fingerprint density at radius 1 is 1.47 bits per heavy atom. The van der Waals surface area contributed by atoms with E-state index >= 15 is 0 Å². The lowest BCUT2D eigenvalue weighted by atomic mass is 10.1. The Morgan fingerprint density at radius 3 is 2.71 bits per heavy atom. The molecule has 1 aromatic carbocycles. The van der Waals surface area contributed by atoms with Gasteiger partial charge in [0.25, 0.3) is 0 Å². The maximum atomic E-state index is 11.2. The fourth-order valence-electron chi connectivity index (χ4n) is 2.25. The third-order valence-corrected chi connectivity index (χ3v) is 3.17. The predicted octanol–water partition coefficient (Wildman–Crippen LogP) is 1.65. The molecule has 1 aliphatic rings. The topological polar surface area (TPSA) is 60.8 Å². The third-order valence-electron chi connectivity index (χ3n) is 3.17. The lowest BCUT2D eigenvalue weighted by molar-refractivity contribution is 0.0695. The van der Waals surface area contributed by atoms with Crippen molar-refractivity contribution in [2.45, 2.75) is 25.9 Å². The van der Waals surface area contributed by atoms with Crippen LogP contribution >= 0.6 is 0 Å². The molecule has 1 atom stereocenters. The second kappa shape index (κ2) is 4.04. The molecule has 0 aliphatic carbocycles. The average Bonchev–Trinajstić information content (AvgIpc) is 2.58. The predicted molar refractivity (Wildman–Crippen MR) is 65.6 cm³/mol. The fourth-order valence-corrected chi connectivity index (χ4v) is 2.25. The van der Waals surface area contributed by atoms with Gasteiger partial charge in [0.2, 0.25) is 0 Å². The van der Waals surface area contributed by atoms with E-state index in [1.165, 1.54) is 0 Å². The summed E-state index contributed by atoms with van der Waals surface area (Å²) in [5.74, 6) is -0.921. The van der Waals surface area contributed by atoms with Crippen LogP contribution in [0.4, 0.5) is 5.69 Å². The van der Waals surface area contributed by atoms with E-state index in [0.717, 1.165) is 5.56 Å². The first kappa shape index (κ1) is 11.9. The summed E-state index contributed by atoms with van der Waals surface area (Å²) < 4.78 is 0. The molecule has 1 saturated heterocycles. The number of aliphatic hydroxyl groups is 1. The standard InChI is InChI=1S/C13H17NO3/c1-9-3-4-11(10(7-9)12(15)16)14-6-5-13(2,17)8-14/h3-4,7,17H,5-6,8H2,1-2H3,(H,15,16). The minimum atomic E-state index is -0.921. The molecule has 0 saturated carbocycles. The normalized spacial score (nSPS) is 24.1. The lowest BCUT2D eigenvalue weighted by Gasteiger charge is -2.22. The Hall–Kier alpha value is -1.55. The smallest absolute Gasteiger partial charge is 0.337 e.